The van der Waals surface area contributed by atoms with Crippen molar-refractivity contribution in [2.45, 2.75) is 38.1 Å². The highest BCUT2D eigenvalue weighted by Gasteiger charge is 2.42. The monoisotopic (exact) mass is 508 g/mol. The number of aromatic nitrogens is 1. The topological polar surface area (TPSA) is 66.5 Å². The van der Waals surface area contributed by atoms with Crippen molar-refractivity contribution in [1.29, 1.82) is 0 Å². The molecule has 5 rings (SSSR count). The Kier molecular flexibility index (Phi) is 6.97. The number of nitrogens with zero attached hydrogens (tertiary/aromatic N) is 2. The second kappa shape index (κ2) is 10.2. The number of ether oxygens (including phenoxy) is 1. The molecule has 0 bridgehead atoms. The third-order valence-electron chi connectivity index (χ3n) is 6.91. The van der Waals surface area contributed by atoms with E-state index in [1.165, 1.54) is 12.1 Å². The highest BCUT2D eigenvalue weighted by Crippen LogP contribution is 2.46. The van der Waals surface area contributed by atoms with Crippen LogP contribution in [0.1, 0.15) is 32.4 Å². The molecule has 0 aliphatic carbocycles. The molecule has 188 valence electrons. The first-order valence-corrected chi connectivity index (χ1v) is 12.7. The third-order valence-corrected chi connectivity index (χ3v) is 7.12. The van der Waals surface area contributed by atoms with Gasteiger partial charge in [0.2, 0.25) is 5.91 Å². The minimum atomic E-state index is -0.956. The number of halogens is 2. The molecule has 2 aromatic carbocycles. The Hall–Kier alpha value is -3.00. The Bertz CT molecular complexity index is 1260. The van der Waals surface area contributed by atoms with E-state index in [0.717, 1.165) is 50.4 Å². The second-order valence-electron chi connectivity index (χ2n) is 9.79. The quantitative estimate of drug-likeness (QED) is 0.419. The normalized spacial score (nSPS) is 17.3. The van der Waals surface area contributed by atoms with Crippen molar-refractivity contribution in [3.8, 4) is 11.1 Å². The minimum absolute atomic E-state index is 0.190. The fourth-order valence-electron chi connectivity index (χ4n) is 4.92. The van der Waals surface area contributed by atoms with Gasteiger partial charge in [0.1, 0.15) is 5.82 Å². The minimum Gasteiger partial charge on any atom is -0.384 e. The Balaban J connectivity index is 1.41. The summed E-state index contributed by atoms with van der Waals surface area (Å²) in [7, 11) is 0. The molecular formula is C28H30ClFN4O2. The number of anilines is 3. The molecule has 0 saturated carbocycles. The molecule has 1 saturated heterocycles. The number of fused-ring (bicyclic) bond motifs is 3. The fourth-order valence-corrected chi connectivity index (χ4v) is 5.08. The standard InChI is InChI=1S/C28H30ClFN4O2/c1-28(2)26-24(15-18(29)17-33-26)23-8-3-19(30)16-25(23)34(27(28)35)22-6-4-20(5-7-22)31-11-12-32-21-9-13-36-14-10-21/h3-8,15-17,21,31-32H,9-14H2,1-2H3. The van der Waals surface area contributed by atoms with Crippen LogP contribution in [-0.2, 0) is 14.9 Å². The number of nitrogens with one attached hydrogen (secondary N) is 2. The Morgan fingerprint density at radius 1 is 1.08 bits per heavy atom. The van der Waals surface area contributed by atoms with Crippen LogP contribution in [0, 0.1) is 5.82 Å². The van der Waals surface area contributed by atoms with Crippen LogP contribution in [0.25, 0.3) is 11.1 Å². The molecular weight excluding hydrogens is 479 g/mol. The van der Waals surface area contributed by atoms with E-state index in [1.54, 1.807) is 23.2 Å². The van der Waals surface area contributed by atoms with Gasteiger partial charge in [0.05, 0.1) is 21.8 Å². The van der Waals surface area contributed by atoms with Crippen LogP contribution in [0.4, 0.5) is 21.5 Å². The lowest BCUT2D eigenvalue weighted by atomic mass is 9.84. The molecule has 0 radical (unpaired) electrons. The van der Waals surface area contributed by atoms with E-state index < -0.39 is 11.2 Å². The van der Waals surface area contributed by atoms with Crippen LogP contribution in [-0.4, -0.2) is 43.2 Å². The van der Waals surface area contributed by atoms with Crippen LogP contribution >= 0.6 is 11.6 Å². The van der Waals surface area contributed by atoms with Gasteiger partial charge >= 0.3 is 0 Å². The molecule has 8 heteroatoms. The molecule has 0 atom stereocenters. The summed E-state index contributed by atoms with van der Waals surface area (Å²) in [5.74, 6) is -0.609. The number of rotatable bonds is 6. The first kappa shape index (κ1) is 24.7. The van der Waals surface area contributed by atoms with Crippen LogP contribution in [0.15, 0.2) is 54.7 Å². The number of hydrogen-bond acceptors (Lipinski definition) is 5. The van der Waals surface area contributed by atoms with E-state index >= 15 is 0 Å². The average Bonchev–Trinajstić information content (AvgIpc) is 2.94. The van der Waals surface area contributed by atoms with E-state index in [0.29, 0.717) is 33.7 Å². The first-order chi connectivity index (χ1) is 17.3. The Morgan fingerprint density at radius 2 is 1.83 bits per heavy atom. The zero-order valence-corrected chi connectivity index (χ0v) is 21.2. The van der Waals surface area contributed by atoms with Gasteiger partial charge in [-0.2, -0.15) is 0 Å². The predicted molar refractivity (Wildman–Crippen MR) is 142 cm³/mol. The van der Waals surface area contributed by atoms with Gasteiger partial charge in [-0.15, -0.1) is 0 Å². The van der Waals surface area contributed by atoms with Crippen molar-refractivity contribution in [2.75, 3.05) is 36.5 Å². The van der Waals surface area contributed by atoms with E-state index in [2.05, 4.69) is 15.6 Å². The van der Waals surface area contributed by atoms with E-state index in [1.807, 2.05) is 38.1 Å². The van der Waals surface area contributed by atoms with Crippen LogP contribution in [0.5, 0.6) is 0 Å². The van der Waals surface area contributed by atoms with E-state index in [4.69, 9.17) is 16.3 Å². The summed E-state index contributed by atoms with van der Waals surface area (Å²) in [6, 6.07) is 14.4. The van der Waals surface area contributed by atoms with Gasteiger partial charge in [-0.05, 0) is 75.2 Å². The predicted octanol–water partition coefficient (Wildman–Crippen LogP) is 5.68. The molecule has 3 heterocycles. The van der Waals surface area contributed by atoms with Crippen LogP contribution in [0.2, 0.25) is 5.02 Å². The van der Waals surface area contributed by atoms with Gasteiger partial charge in [0, 0.05) is 61.0 Å². The number of benzene rings is 2. The summed E-state index contributed by atoms with van der Waals surface area (Å²) in [5, 5.41) is 7.44. The molecule has 1 fully saturated rings. The molecule has 36 heavy (non-hydrogen) atoms. The Labute approximate surface area is 215 Å². The zero-order valence-electron chi connectivity index (χ0n) is 20.5. The summed E-state index contributed by atoms with van der Waals surface area (Å²) in [6.07, 6.45) is 3.64. The smallest absolute Gasteiger partial charge is 0.243 e. The number of pyridine rings is 1. The fraction of sp³-hybridized carbons (Fsp3) is 0.357. The summed E-state index contributed by atoms with van der Waals surface area (Å²) in [5.41, 5.74) is 3.17. The lowest BCUT2D eigenvalue weighted by molar-refractivity contribution is -0.122. The molecule has 1 aromatic heterocycles. The molecule has 2 aliphatic heterocycles. The van der Waals surface area contributed by atoms with Crippen molar-refractivity contribution in [3.63, 3.8) is 0 Å². The van der Waals surface area contributed by atoms with Gasteiger partial charge in [0.25, 0.3) is 0 Å². The molecule has 6 nitrogen and oxygen atoms in total. The van der Waals surface area contributed by atoms with Gasteiger partial charge in [-0.3, -0.25) is 14.7 Å². The summed E-state index contributed by atoms with van der Waals surface area (Å²) < 4.78 is 19.9. The molecule has 0 unspecified atom stereocenters. The van der Waals surface area contributed by atoms with Gasteiger partial charge < -0.3 is 15.4 Å². The highest BCUT2D eigenvalue weighted by atomic mass is 35.5. The van der Waals surface area contributed by atoms with Crippen molar-refractivity contribution >= 4 is 34.6 Å². The summed E-state index contributed by atoms with van der Waals surface area (Å²) in [6.45, 7) is 6.95. The van der Waals surface area contributed by atoms with Crippen LogP contribution in [0.3, 0.4) is 0 Å². The van der Waals surface area contributed by atoms with Crippen molar-refractivity contribution in [2.24, 2.45) is 0 Å². The van der Waals surface area contributed by atoms with Gasteiger partial charge in [-0.25, -0.2) is 4.39 Å². The molecule has 1 amide bonds. The lowest BCUT2D eigenvalue weighted by Crippen LogP contribution is -2.40. The van der Waals surface area contributed by atoms with Gasteiger partial charge in [-0.1, -0.05) is 11.6 Å². The van der Waals surface area contributed by atoms with Gasteiger partial charge in [0.15, 0.2) is 0 Å². The Morgan fingerprint density at radius 3 is 2.58 bits per heavy atom. The maximum atomic E-state index is 14.5. The number of carbonyl (C=O) groups excluding carboxylic acids is 1. The van der Waals surface area contributed by atoms with Crippen molar-refractivity contribution < 1.29 is 13.9 Å². The van der Waals surface area contributed by atoms with Crippen LogP contribution < -0.4 is 15.5 Å². The second-order valence-corrected chi connectivity index (χ2v) is 10.2. The number of carbonyl (C=O) groups is 1. The van der Waals surface area contributed by atoms with Crippen molar-refractivity contribution in [3.05, 3.63) is 71.3 Å². The highest BCUT2D eigenvalue weighted by molar-refractivity contribution is 6.31. The maximum absolute atomic E-state index is 14.5. The summed E-state index contributed by atoms with van der Waals surface area (Å²) in [4.78, 5) is 20.0. The molecule has 2 N–H and O–H groups in total. The average molecular weight is 509 g/mol. The number of amides is 1. The number of hydrogen-bond donors (Lipinski definition) is 2. The largest absolute Gasteiger partial charge is 0.384 e. The lowest BCUT2D eigenvalue weighted by Gasteiger charge is -2.30. The molecule has 2 aliphatic rings. The molecule has 3 aromatic rings. The third kappa shape index (κ3) is 4.83. The maximum Gasteiger partial charge on any atom is 0.243 e. The van der Waals surface area contributed by atoms with Crippen molar-refractivity contribution in [1.82, 2.24) is 10.3 Å². The first-order valence-electron chi connectivity index (χ1n) is 12.3. The SMILES string of the molecule is CC1(C)C(=O)N(c2ccc(NCCNC3CCOCC3)cc2)c2cc(F)ccc2-c2cc(Cl)cnc21. The molecule has 0 spiro atoms. The van der Waals surface area contributed by atoms with E-state index in [9.17, 15) is 9.18 Å². The van der Waals surface area contributed by atoms with E-state index in [-0.39, 0.29) is 5.91 Å². The summed E-state index contributed by atoms with van der Waals surface area (Å²) >= 11 is 6.27. The zero-order chi connectivity index (χ0) is 25.3.